The first-order chi connectivity index (χ1) is 23.9. The Bertz CT molecular complexity index is 1980. The maximum Gasteiger partial charge on any atom is 0.124 e. The lowest BCUT2D eigenvalue weighted by atomic mass is 9.95. The number of benzene rings is 7. The lowest BCUT2D eigenvalue weighted by Crippen LogP contribution is -1.92. The summed E-state index contributed by atoms with van der Waals surface area (Å²) in [6, 6.07) is 53.9. The third-order valence-corrected chi connectivity index (χ3v) is 9.19. The van der Waals surface area contributed by atoms with E-state index < -0.39 is 0 Å². The van der Waals surface area contributed by atoms with Crippen LogP contribution in [0.2, 0.25) is 0 Å². The largest absolute Gasteiger partial charge is 0.508 e. The number of hydrogen-bond acceptors (Lipinski definition) is 2. The highest BCUT2D eigenvalue weighted by Crippen LogP contribution is 2.30. The molecule has 0 unspecified atom stereocenters. The van der Waals surface area contributed by atoms with Crippen molar-refractivity contribution in [2.75, 3.05) is 0 Å². The number of aryl methyl sites for hydroxylation is 4. The lowest BCUT2D eigenvalue weighted by Gasteiger charge is -2.10. The van der Waals surface area contributed by atoms with Gasteiger partial charge >= 0.3 is 0 Å². The Hall–Kier alpha value is -5.93. The molecule has 0 fully saturated rings. The zero-order valence-electron chi connectivity index (χ0n) is 27.2. The maximum absolute atomic E-state index is 14.9. The van der Waals surface area contributed by atoms with Gasteiger partial charge in [-0.2, -0.15) is 0 Å². The number of halogens is 1. The van der Waals surface area contributed by atoms with Gasteiger partial charge in [-0.25, -0.2) is 4.39 Å². The molecule has 0 saturated carbocycles. The van der Waals surface area contributed by atoms with Crippen molar-refractivity contribution in [2.45, 2.75) is 25.7 Å². The minimum absolute atomic E-state index is 0.243. The SMILES string of the molecule is Oc1ccc(-c2ccc(CCc3ccc(-c4cc(F)cc(-c5ccc(CCc6ccc(-c7ccc(O)cc7)cc6)cc5)c4)cc3)cc2)cc1. The zero-order valence-corrected chi connectivity index (χ0v) is 27.2. The van der Waals surface area contributed by atoms with E-state index in [0.717, 1.165) is 70.2 Å². The number of hydrogen-bond donors (Lipinski definition) is 2. The molecule has 7 aromatic rings. The summed E-state index contributed by atoms with van der Waals surface area (Å²) in [6.07, 6.45) is 3.71. The molecule has 0 heterocycles. The van der Waals surface area contributed by atoms with E-state index in [1.807, 2.05) is 24.3 Å². The van der Waals surface area contributed by atoms with Crippen LogP contribution >= 0.6 is 0 Å². The van der Waals surface area contributed by atoms with Crippen molar-refractivity contribution in [3.8, 4) is 56.0 Å². The van der Waals surface area contributed by atoms with Crippen LogP contribution < -0.4 is 0 Å². The van der Waals surface area contributed by atoms with Crippen LogP contribution in [0.3, 0.4) is 0 Å². The van der Waals surface area contributed by atoms with Crippen LogP contribution in [0.4, 0.5) is 4.39 Å². The minimum Gasteiger partial charge on any atom is -0.508 e. The quantitative estimate of drug-likeness (QED) is 0.156. The molecule has 0 amide bonds. The molecule has 49 heavy (non-hydrogen) atoms. The Kier molecular flexibility index (Phi) is 9.34. The van der Waals surface area contributed by atoms with Crippen LogP contribution in [0.5, 0.6) is 11.5 Å². The van der Waals surface area contributed by atoms with E-state index in [1.165, 1.54) is 22.3 Å². The summed E-state index contributed by atoms with van der Waals surface area (Å²) in [6.45, 7) is 0. The van der Waals surface area contributed by atoms with E-state index in [0.29, 0.717) is 0 Å². The average molecular weight is 641 g/mol. The van der Waals surface area contributed by atoms with E-state index in [2.05, 4.69) is 103 Å². The smallest absolute Gasteiger partial charge is 0.124 e. The van der Waals surface area contributed by atoms with Crippen LogP contribution in [-0.2, 0) is 25.7 Å². The molecule has 0 radical (unpaired) electrons. The second-order valence-electron chi connectivity index (χ2n) is 12.6. The van der Waals surface area contributed by atoms with Crippen molar-refractivity contribution in [3.05, 3.63) is 192 Å². The Morgan fingerprint density at radius 1 is 0.286 bits per heavy atom. The van der Waals surface area contributed by atoms with Gasteiger partial charge in [0, 0.05) is 0 Å². The highest BCUT2D eigenvalue weighted by molar-refractivity contribution is 5.73. The Labute approximate surface area is 287 Å². The zero-order chi connectivity index (χ0) is 33.6. The molecule has 0 spiro atoms. The van der Waals surface area contributed by atoms with E-state index in [4.69, 9.17) is 0 Å². The molecule has 7 rings (SSSR count). The summed E-state index contributed by atoms with van der Waals surface area (Å²) in [5.41, 5.74) is 13.2. The maximum atomic E-state index is 14.9. The molecule has 0 aliphatic rings. The number of rotatable bonds is 10. The molecule has 0 aromatic heterocycles. The summed E-state index contributed by atoms with van der Waals surface area (Å²) in [7, 11) is 0. The highest BCUT2D eigenvalue weighted by Gasteiger charge is 2.08. The predicted molar refractivity (Wildman–Crippen MR) is 199 cm³/mol. The van der Waals surface area contributed by atoms with Crippen molar-refractivity contribution in [3.63, 3.8) is 0 Å². The molecular weight excluding hydrogens is 604 g/mol. The first-order valence-electron chi connectivity index (χ1n) is 16.7. The first kappa shape index (κ1) is 31.7. The molecule has 3 heteroatoms. The summed E-state index contributed by atoms with van der Waals surface area (Å²) in [4.78, 5) is 0. The van der Waals surface area contributed by atoms with Crippen LogP contribution in [0.15, 0.2) is 164 Å². The van der Waals surface area contributed by atoms with Crippen LogP contribution in [0.25, 0.3) is 44.5 Å². The third-order valence-electron chi connectivity index (χ3n) is 9.19. The first-order valence-corrected chi connectivity index (χ1v) is 16.7. The van der Waals surface area contributed by atoms with Crippen LogP contribution in [0.1, 0.15) is 22.3 Å². The van der Waals surface area contributed by atoms with Crippen molar-refractivity contribution in [1.29, 1.82) is 0 Å². The molecule has 0 aliphatic heterocycles. The number of phenols is 2. The Morgan fingerprint density at radius 3 is 0.776 bits per heavy atom. The summed E-state index contributed by atoms with van der Waals surface area (Å²) >= 11 is 0. The fourth-order valence-corrected chi connectivity index (χ4v) is 6.26. The molecule has 2 nitrogen and oxygen atoms in total. The standard InChI is InChI=1S/C46H37FO2/c47-44-30-42(40-17-9-34(10-18-40)3-1-32-5-13-36(14-6-32)38-21-25-45(48)26-22-38)29-43(31-44)41-19-11-35(12-20-41)4-2-33-7-15-37(16-8-33)39-23-27-46(49)28-24-39/h5-31,48-49H,1-4H2. The highest BCUT2D eigenvalue weighted by atomic mass is 19.1. The van der Waals surface area contributed by atoms with Gasteiger partial charge in [-0.3, -0.25) is 0 Å². The molecule has 0 bridgehead atoms. The van der Waals surface area contributed by atoms with Crippen LogP contribution in [-0.4, -0.2) is 10.2 Å². The number of phenolic OH excluding ortho intramolecular Hbond substituents is 2. The monoisotopic (exact) mass is 640 g/mol. The summed E-state index contributed by atoms with van der Waals surface area (Å²) in [5.74, 6) is 0.300. The lowest BCUT2D eigenvalue weighted by molar-refractivity contribution is 0.475. The van der Waals surface area contributed by atoms with Gasteiger partial charge in [0.15, 0.2) is 0 Å². The van der Waals surface area contributed by atoms with Crippen molar-refractivity contribution in [1.82, 2.24) is 0 Å². The predicted octanol–water partition coefficient (Wildman–Crippen LogP) is 11.5. The molecule has 2 N–H and O–H groups in total. The van der Waals surface area contributed by atoms with Gasteiger partial charge in [-0.1, -0.05) is 121 Å². The van der Waals surface area contributed by atoms with E-state index >= 15 is 0 Å². The Balaban J connectivity index is 0.955. The van der Waals surface area contributed by atoms with Gasteiger partial charge in [-0.05, 0) is 135 Å². The normalized spacial score (nSPS) is 11.0. The molecular formula is C46H37FO2. The third kappa shape index (κ3) is 7.97. The van der Waals surface area contributed by atoms with Gasteiger partial charge in [0.2, 0.25) is 0 Å². The van der Waals surface area contributed by atoms with Crippen molar-refractivity contribution < 1.29 is 14.6 Å². The number of aromatic hydroxyl groups is 2. The van der Waals surface area contributed by atoms with E-state index in [1.54, 1.807) is 36.4 Å². The minimum atomic E-state index is -0.243. The topological polar surface area (TPSA) is 40.5 Å². The molecule has 0 atom stereocenters. The fourth-order valence-electron chi connectivity index (χ4n) is 6.26. The van der Waals surface area contributed by atoms with E-state index in [-0.39, 0.29) is 17.3 Å². The molecule has 0 saturated heterocycles. The van der Waals surface area contributed by atoms with Crippen LogP contribution in [0, 0.1) is 5.82 Å². The fraction of sp³-hybridized carbons (Fsp3) is 0.0870. The second kappa shape index (κ2) is 14.5. The molecule has 0 aliphatic carbocycles. The van der Waals surface area contributed by atoms with E-state index in [9.17, 15) is 14.6 Å². The van der Waals surface area contributed by atoms with Gasteiger partial charge in [0.05, 0.1) is 0 Å². The van der Waals surface area contributed by atoms with Gasteiger partial charge < -0.3 is 10.2 Å². The molecule has 7 aromatic carbocycles. The van der Waals surface area contributed by atoms with Crippen molar-refractivity contribution >= 4 is 0 Å². The summed E-state index contributed by atoms with van der Waals surface area (Å²) < 4.78 is 14.9. The van der Waals surface area contributed by atoms with Gasteiger partial charge in [-0.15, -0.1) is 0 Å². The average Bonchev–Trinajstić information content (AvgIpc) is 3.14. The van der Waals surface area contributed by atoms with Gasteiger partial charge in [0.1, 0.15) is 17.3 Å². The van der Waals surface area contributed by atoms with Gasteiger partial charge in [0.25, 0.3) is 0 Å². The Morgan fingerprint density at radius 2 is 0.510 bits per heavy atom. The molecule has 240 valence electrons. The van der Waals surface area contributed by atoms with Crippen molar-refractivity contribution in [2.24, 2.45) is 0 Å². The summed E-state index contributed by atoms with van der Waals surface area (Å²) in [5, 5.41) is 19.1. The second-order valence-corrected chi connectivity index (χ2v) is 12.6.